The fourth-order valence-corrected chi connectivity index (χ4v) is 1.79. The molecule has 1 unspecified atom stereocenters. The average Bonchev–Trinajstić information content (AvgIpc) is 2.47. The van der Waals surface area contributed by atoms with E-state index in [2.05, 4.69) is 9.63 Å². The van der Waals surface area contributed by atoms with E-state index < -0.39 is 10.7 Å². The van der Waals surface area contributed by atoms with Gasteiger partial charge in [-0.05, 0) is 12.1 Å². The Hall–Kier alpha value is -1.25. The summed E-state index contributed by atoms with van der Waals surface area (Å²) in [6, 6.07) is 7.43. The molecular weight excluding hydrogens is 160 g/mol. The zero-order valence-electron chi connectivity index (χ0n) is 5.52. The fourth-order valence-electron chi connectivity index (χ4n) is 0.894. The summed E-state index contributed by atoms with van der Waals surface area (Å²) in [5.41, 5.74) is 0.791. The lowest BCUT2D eigenvalue weighted by molar-refractivity contribution is 0.572. The van der Waals surface area contributed by atoms with Crippen molar-refractivity contribution < 1.29 is 4.79 Å². The summed E-state index contributed by atoms with van der Waals surface area (Å²) in [5, 5.41) is 5.66. The summed E-state index contributed by atoms with van der Waals surface area (Å²) < 4.78 is 3.75. The first-order chi connectivity index (χ1) is 5.42. The van der Waals surface area contributed by atoms with Gasteiger partial charge in [-0.3, -0.25) is 0 Å². The minimum atomic E-state index is -0.756. The zero-order valence-corrected chi connectivity index (χ0v) is 6.34. The summed E-state index contributed by atoms with van der Waals surface area (Å²) in [6.45, 7) is 0. The van der Waals surface area contributed by atoms with Crippen molar-refractivity contribution in [3.05, 3.63) is 24.3 Å². The number of rotatable bonds is 0. The molecule has 0 aliphatic carbocycles. The standard InChI is InChI=1S/C7H4N2OS/c10-5-11-7-4-2-1-3-6(7)8-9-11/h1-4H. The molecule has 0 spiro atoms. The molecular formula is C7H4N2OS. The third-order valence-corrected chi connectivity index (χ3v) is 2.55. The summed E-state index contributed by atoms with van der Waals surface area (Å²) in [4.78, 5) is 11.2. The van der Waals surface area contributed by atoms with Gasteiger partial charge < -0.3 is 0 Å². The molecule has 11 heavy (non-hydrogen) atoms. The average molecular weight is 164 g/mol. The topological polar surface area (TPSA) is 41.8 Å². The van der Waals surface area contributed by atoms with Gasteiger partial charge in [-0.2, -0.15) is 0 Å². The van der Waals surface area contributed by atoms with Crippen molar-refractivity contribution in [2.45, 2.75) is 4.90 Å². The van der Waals surface area contributed by atoms with Crippen LogP contribution in [-0.4, -0.2) is 5.23 Å². The molecule has 2 rings (SSSR count). The number of hydrogen-bond donors (Lipinski definition) is 0. The van der Waals surface area contributed by atoms with E-state index in [0.29, 0.717) is 0 Å². The highest BCUT2D eigenvalue weighted by Gasteiger charge is 2.11. The Kier molecular flexibility index (Phi) is 1.42. The zero-order chi connectivity index (χ0) is 7.68. The van der Waals surface area contributed by atoms with Crippen LogP contribution < -0.4 is 0 Å². The lowest BCUT2D eigenvalue weighted by Crippen LogP contribution is -1.66. The van der Waals surface area contributed by atoms with E-state index in [9.17, 15) is 4.79 Å². The third kappa shape index (κ3) is 0.926. The maximum atomic E-state index is 10.3. The normalized spacial score (nSPS) is 19.5. The van der Waals surface area contributed by atoms with Crippen molar-refractivity contribution in [3.63, 3.8) is 0 Å². The Labute approximate surface area is 65.8 Å². The Morgan fingerprint density at radius 2 is 2.18 bits per heavy atom. The molecule has 0 N–H and O–H groups in total. The van der Waals surface area contributed by atoms with Crippen LogP contribution in [-0.2, 0) is 4.79 Å². The van der Waals surface area contributed by atoms with E-state index in [4.69, 9.17) is 0 Å². The maximum Gasteiger partial charge on any atom is 0.184 e. The second kappa shape index (κ2) is 2.42. The van der Waals surface area contributed by atoms with Gasteiger partial charge in [0.15, 0.2) is 5.23 Å². The minimum Gasteiger partial charge on any atom is -0.224 e. The van der Waals surface area contributed by atoms with Crippen LogP contribution in [0.2, 0.25) is 0 Å². The van der Waals surface area contributed by atoms with Crippen LogP contribution in [0.1, 0.15) is 0 Å². The van der Waals surface area contributed by atoms with E-state index in [0.717, 1.165) is 10.6 Å². The molecule has 1 atom stereocenters. The Morgan fingerprint density at radius 1 is 1.36 bits per heavy atom. The van der Waals surface area contributed by atoms with Gasteiger partial charge in [0.2, 0.25) is 0 Å². The van der Waals surface area contributed by atoms with Crippen LogP contribution in [0.3, 0.4) is 0 Å². The molecule has 0 bridgehead atoms. The summed E-state index contributed by atoms with van der Waals surface area (Å²) in [6.07, 6.45) is 0. The van der Waals surface area contributed by atoms with Crippen molar-refractivity contribution in [2.24, 2.45) is 9.63 Å². The largest absolute Gasteiger partial charge is 0.224 e. The van der Waals surface area contributed by atoms with Crippen LogP contribution in [0.5, 0.6) is 0 Å². The van der Waals surface area contributed by atoms with Gasteiger partial charge in [0.25, 0.3) is 0 Å². The first-order valence-corrected chi connectivity index (χ1v) is 4.23. The molecule has 1 heterocycles. The number of fused-ring (bicyclic) bond motifs is 1. The molecule has 0 fully saturated rings. The molecule has 1 aromatic rings. The molecule has 4 heteroatoms. The highest BCUT2D eigenvalue weighted by Crippen LogP contribution is 2.41. The Morgan fingerprint density at radius 3 is 3.00 bits per heavy atom. The van der Waals surface area contributed by atoms with Gasteiger partial charge in [-0.25, -0.2) is 4.79 Å². The quantitative estimate of drug-likeness (QED) is 0.543. The molecule has 0 saturated heterocycles. The molecule has 3 nitrogen and oxygen atoms in total. The second-order valence-electron chi connectivity index (χ2n) is 2.02. The number of hydrogen-bond acceptors (Lipinski definition) is 3. The van der Waals surface area contributed by atoms with Crippen molar-refractivity contribution in [2.75, 3.05) is 0 Å². The van der Waals surface area contributed by atoms with Gasteiger partial charge in [0.1, 0.15) is 5.69 Å². The first-order valence-electron chi connectivity index (χ1n) is 3.05. The predicted molar refractivity (Wildman–Crippen MR) is 42.5 cm³/mol. The number of benzene rings is 1. The van der Waals surface area contributed by atoms with Gasteiger partial charge in [-0.15, -0.1) is 9.63 Å². The van der Waals surface area contributed by atoms with E-state index >= 15 is 0 Å². The van der Waals surface area contributed by atoms with Crippen LogP contribution in [0.25, 0.3) is 0 Å². The molecule has 0 saturated carbocycles. The second-order valence-corrected chi connectivity index (χ2v) is 3.36. The van der Waals surface area contributed by atoms with Crippen molar-refractivity contribution in [3.8, 4) is 0 Å². The Balaban J connectivity index is 2.72. The minimum absolute atomic E-state index is 0.756. The van der Waals surface area contributed by atoms with Crippen molar-refractivity contribution >= 4 is 21.6 Å². The summed E-state index contributed by atoms with van der Waals surface area (Å²) >= 11 is 0. The SMILES string of the molecule is O=C=S1N=Nc2ccccc21. The maximum absolute atomic E-state index is 10.3. The van der Waals surface area contributed by atoms with Gasteiger partial charge in [0.05, 0.1) is 15.6 Å². The Bertz CT molecular complexity index is 380. The molecule has 54 valence electrons. The fraction of sp³-hybridized carbons (Fsp3) is 0. The van der Waals surface area contributed by atoms with E-state index in [-0.39, 0.29) is 0 Å². The van der Waals surface area contributed by atoms with Gasteiger partial charge in [0, 0.05) is 0 Å². The molecule has 0 radical (unpaired) electrons. The monoisotopic (exact) mass is 164 g/mol. The van der Waals surface area contributed by atoms with Crippen LogP contribution in [0.15, 0.2) is 38.8 Å². The van der Waals surface area contributed by atoms with E-state index in [1.165, 1.54) is 0 Å². The van der Waals surface area contributed by atoms with Crippen LogP contribution in [0.4, 0.5) is 5.69 Å². The lowest BCUT2D eigenvalue weighted by Gasteiger charge is -1.90. The third-order valence-electron chi connectivity index (χ3n) is 1.38. The van der Waals surface area contributed by atoms with Crippen LogP contribution >= 0.6 is 10.7 Å². The predicted octanol–water partition coefficient (Wildman–Crippen LogP) is 2.39. The highest BCUT2D eigenvalue weighted by atomic mass is 32.2. The molecule has 0 amide bonds. The van der Waals surface area contributed by atoms with E-state index in [1.54, 1.807) is 0 Å². The van der Waals surface area contributed by atoms with Crippen molar-refractivity contribution in [1.29, 1.82) is 0 Å². The summed E-state index contributed by atoms with van der Waals surface area (Å²) in [5.74, 6) is 0. The molecule has 1 aromatic carbocycles. The van der Waals surface area contributed by atoms with E-state index in [1.807, 2.05) is 29.5 Å². The lowest BCUT2D eigenvalue weighted by atomic mass is 10.3. The molecule has 1 aliphatic heterocycles. The van der Waals surface area contributed by atoms with Crippen LogP contribution in [0, 0.1) is 0 Å². The number of nitrogens with zero attached hydrogens (tertiary/aromatic N) is 2. The molecule has 0 aromatic heterocycles. The summed E-state index contributed by atoms with van der Waals surface area (Å²) in [7, 11) is -0.756. The number of carbonyl (C=O) groups excluding carboxylic acids is 1. The first kappa shape index (κ1) is 6.46. The highest BCUT2D eigenvalue weighted by molar-refractivity contribution is 8.13. The van der Waals surface area contributed by atoms with Gasteiger partial charge in [-0.1, -0.05) is 12.1 Å². The smallest absolute Gasteiger partial charge is 0.184 e. The van der Waals surface area contributed by atoms with Crippen molar-refractivity contribution in [1.82, 2.24) is 0 Å². The van der Waals surface area contributed by atoms with Gasteiger partial charge >= 0.3 is 0 Å². The molecule has 1 aliphatic rings.